The third-order valence-electron chi connectivity index (χ3n) is 2.39. The third kappa shape index (κ3) is 3.41. The molecule has 0 aliphatic heterocycles. The molecular weight excluding hydrogens is 226 g/mol. The lowest BCUT2D eigenvalue weighted by atomic mass is 10.4. The molecule has 0 saturated carbocycles. The fourth-order valence-electron chi connectivity index (χ4n) is 1.50. The molecule has 0 aliphatic carbocycles. The van der Waals surface area contributed by atoms with Crippen LogP contribution in [0.2, 0.25) is 0 Å². The highest BCUT2D eigenvalue weighted by molar-refractivity contribution is 5.45. The minimum absolute atomic E-state index is 0.621. The van der Waals surface area contributed by atoms with E-state index in [4.69, 9.17) is 0 Å². The van der Waals surface area contributed by atoms with Gasteiger partial charge in [0.25, 0.3) is 0 Å². The van der Waals surface area contributed by atoms with Crippen molar-refractivity contribution in [1.82, 2.24) is 15.0 Å². The molecular formula is C13H17N5. The van der Waals surface area contributed by atoms with E-state index in [0.717, 1.165) is 29.6 Å². The van der Waals surface area contributed by atoms with Crippen molar-refractivity contribution >= 4 is 11.6 Å². The van der Waals surface area contributed by atoms with E-state index < -0.39 is 0 Å². The molecule has 0 aromatic carbocycles. The number of nitrogens with zero attached hydrogens (tertiary/aromatic N) is 3. The molecule has 0 fully saturated rings. The molecule has 2 aromatic heterocycles. The molecule has 18 heavy (non-hydrogen) atoms. The molecule has 0 saturated heterocycles. The quantitative estimate of drug-likeness (QED) is 0.843. The third-order valence-corrected chi connectivity index (χ3v) is 2.39. The maximum absolute atomic E-state index is 4.42. The number of anilines is 2. The van der Waals surface area contributed by atoms with Gasteiger partial charge in [0.1, 0.15) is 11.6 Å². The Labute approximate surface area is 107 Å². The van der Waals surface area contributed by atoms with Crippen molar-refractivity contribution < 1.29 is 0 Å². The first kappa shape index (κ1) is 12.3. The summed E-state index contributed by atoms with van der Waals surface area (Å²) in [5, 5.41) is 6.40. The van der Waals surface area contributed by atoms with Crippen LogP contribution in [0, 0.1) is 6.92 Å². The molecule has 0 unspecified atom stereocenters. The zero-order valence-corrected chi connectivity index (χ0v) is 10.6. The highest BCUT2D eigenvalue weighted by atomic mass is 15.1. The minimum Gasteiger partial charge on any atom is -0.370 e. The molecule has 5 heteroatoms. The van der Waals surface area contributed by atoms with E-state index in [9.17, 15) is 0 Å². The van der Waals surface area contributed by atoms with Crippen LogP contribution in [-0.4, -0.2) is 21.5 Å². The second-order valence-corrected chi connectivity index (χ2v) is 3.94. The Kier molecular flexibility index (Phi) is 4.06. The smallest absolute Gasteiger partial charge is 0.128 e. The largest absolute Gasteiger partial charge is 0.370 e. The summed E-state index contributed by atoms with van der Waals surface area (Å²) in [7, 11) is 0. The van der Waals surface area contributed by atoms with Gasteiger partial charge in [-0.05, 0) is 26.0 Å². The van der Waals surface area contributed by atoms with Crippen molar-refractivity contribution in [3.63, 3.8) is 0 Å². The van der Waals surface area contributed by atoms with Gasteiger partial charge in [-0.1, -0.05) is 6.07 Å². The normalized spacial score (nSPS) is 10.1. The monoisotopic (exact) mass is 243 g/mol. The SMILES string of the molecule is CCNc1cccc(NCc2cnc(C)cn2)n1. The summed E-state index contributed by atoms with van der Waals surface area (Å²) >= 11 is 0. The fraction of sp³-hybridized carbons (Fsp3) is 0.308. The standard InChI is InChI=1S/C13H17N5/c1-3-14-12-5-4-6-13(18-12)17-9-11-8-15-10(2)7-16-11/h4-8H,3,9H2,1-2H3,(H2,14,17,18). The number of aryl methyl sites for hydroxylation is 1. The number of aromatic nitrogens is 3. The van der Waals surface area contributed by atoms with Crippen LogP contribution >= 0.6 is 0 Å². The highest BCUT2D eigenvalue weighted by Gasteiger charge is 1.98. The van der Waals surface area contributed by atoms with Crippen molar-refractivity contribution in [1.29, 1.82) is 0 Å². The van der Waals surface area contributed by atoms with Gasteiger partial charge in [-0.3, -0.25) is 9.97 Å². The average Bonchev–Trinajstić information content (AvgIpc) is 2.39. The Morgan fingerprint density at radius 2 is 1.83 bits per heavy atom. The number of rotatable bonds is 5. The van der Waals surface area contributed by atoms with Crippen LogP contribution in [0.3, 0.4) is 0 Å². The van der Waals surface area contributed by atoms with Crippen LogP contribution in [0.4, 0.5) is 11.6 Å². The number of pyridine rings is 1. The molecule has 0 bridgehead atoms. The number of hydrogen-bond donors (Lipinski definition) is 2. The lowest BCUT2D eigenvalue weighted by Gasteiger charge is -2.07. The van der Waals surface area contributed by atoms with Crippen molar-refractivity contribution in [3.8, 4) is 0 Å². The van der Waals surface area contributed by atoms with Gasteiger partial charge in [0, 0.05) is 12.7 Å². The van der Waals surface area contributed by atoms with Crippen molar-refractivity contribution in [2.45, 2.75) is 20.4 Å². The molecule has 0 atom stereocenters. The van der Waals surface area contributed by atoms with Crippen LogP contribution in [0.1, 0.15) is 18.3 Å². The first-order valence-corrected chi connectivity index (χ1v) is 6.00. The number of hydrogen-bond acceptors (Lipinski definition) is 5. The molecule has 2 N–H and O–H groups in total. The Bertz CT molecular complexity index is 495. The summed E-state index contributed by atoms with van der Waals surface area (Å²) in [5.74, 6) is 1.70. The molecule has 94 valence electrons. The summed E-state index contributed by atoms with van der Waals surface area (Å²) in [5.41, 5.74) is 1.82. The second-order valence-electron chi connectivity index (χ2n) is 3.94. The first-order chi connectivity index (χ1) is 8.78. The predicted octanol–water partition coefficient (Wildman–Crippen LogP) is 2.22. The van der Waals surface area contributed by atoms with Gasteiger partial charge >= 0.3 is 0 Å². The Balaban J connectivity index is 1.97. The van der Waals surface area contributed by atoms with Crippen molar-refractivity contribution in [3.05, 3.63) is 42.0 Å². The van der Waals surface area contributed by atoms with Crippen LogP contribution < -0.4 is 10.6 Å². The average molecular weight is 243 g/mol. The van der Waals surface area contributed by atoms with E-state index in [1.54, 1.807) is 12.4 Å². The first-order valence-electron chi connectivity index (χ1n) is 6.00. The predicted molar refractivity (Wildman–Crippen MR) is 72.5 cm³/mol. The van der Waals surface area contributed by atoms with Gasteiger partial charge in [-0.15, -0.1) is 0 Å². The second kappa shape index (κ2) is 5.95. The van der Waals surface area contributed by atoms with E-state index in [1.807, 2.05) is 32.0 Å². The van der Waals surface area contributed by atoms with Crippen molar-refractivity contribution in [2.24, 2.45) is 0 Å². The summed E-state index contributed by atoms with van der Waals surface area (Å²) in [4.78, 5) is 12.9. The lowest BCUT2D eigenvalue weighted by Crippen LogP contribution is -2.06. The maximum Gasteiger partial charge on any atom is 0.128 e. The van der Waals surface area contributed by atoms with E-state index in [0.29, 0.717) is 6.54 Å². The Morgan fingerprint density at radius 3 is 2.50 bits per heavy atom. The zero-order valence-electron chi connectivity index (χ0n) is 10.6. The summed E-state index contributed by atoms with van der Waals surface area (Å²) in [6, 6.07) is 5.84. The summed E-state index contributed by atoms with van der Waals surface area (Å²) < 4.78 is 0. The topological polar surface area (TPSA) is 62.7 Å². The van der Waals surface area contributed by atoms with Crippen LogP contribution in [-0.2, 0) is 6.54 Å². The van der Waals surface area contributed by atoms with Crippen LogP contribution in [0.25, 0.3) is 0 Å². The van der Waals surface area contributed by atoms with E-state index in [-0.39, 0.29) is 0 Å². The molecule has 0 radical (unpaired) electrons. The van der Waals surface area contributed by atoms with Gasteiger partial charge < -0.3 is 10.6 Å². The molecule has 0 aliphatic rings. The van der Waals surface area contributed by atoms with Gasteiger partial charge in [0.2, 0.25) is 0 Å². The summed E-state index contributed by atoms with van der Waals surface area (Å²) in [6.45, 7) is 5.45. The maximum atomic E-state index is 4.42. The van der Waals surface area contributed by atoms with Gasteiger partial charge in [0.05, 0.1) is 24.1 Å². The summed E-state index contributed by atoms with van der Waals surface area (Å²) in [6.07, 6.45) is 3.54. The molecule has 0 spiro atoms. The van der Waals surface area contributed by atoms with E-state index >= 15 is 0 Å². The van der Waals surface area contributed by atoms with Gasteiger partial charge in [-0.25, -0.2) is 4.98 Å². The molecule has 2 heterocycles. The molecule has 2 rings (SSSR count). The van der Waals surface area contributed by atoms with Gasteiger partial charge in [0.15, 0.2) is 0 Å². The Morgan fingerprint density at radius 1 is 1.06 bits per heavy atom. The lowest BCUT2D eigenvalue weighted by molar-refractivity contribution is 0.976. The Hall–Kier alpha value is -2.17. The molecule has 2 aromatic rings. The van der Waals surface area contributed by atoms with Crippen LogP contribution in [0.15, 0.2) is 30.6 Å². The fourth-order valence-corrected chi connectivity index (χ4v) is 1.50. The van der Waals surface area contributed by atoms with Crippen LogP contribution in [0.5, 0.6) is 0 Å². The van der Waals surface area contributed by atoms with E-state index in [2.05, 4.69) is 25.6 Å². The minimum atomic E-state index is 0.621. The number of nitrogens with one attached hydrogen (secondary N) is 2. The van der Waals surface area contributed by atoms with E-state index in [1.165, 1.54) is 0 Å². The molecule has 5 nitrogen and oxygen atoms in total. The zero-order chi connectivity index (χ0) is 12.8. The van der Waals surface area contributed by atoms with Gasteiger partial charge in [-0.2, -0.15) is 0 Å². The highest BCUT2D eigenvalue weighted by Crippen LogP contribution is 2.09. The molecule has 0 amide bonds. The van der Waals surface area contributed by atoms with Crippen molar-refractivity contribution in [2.75, 3.05) is 17.2 Å².